The van der Waals surface area contributed by atoms with E-state index >= 15 is 0 Å². The van der Waals surface area contributed by atoms with Crippen molar-refractivity contribution in [2.24, 2.45) is 0 Å². The molecule has 1 aromatic carbocycles. The Morgan fingerprint density at radius 3 is 2.52 bits per heavy atom. The molecule has 1 atom stereocenters. The number of carbonyl (C=O) groups excluding carboxylic acids is 1. The van der Waals surface area contributed by atoms with Crippen LogP contribution in [0.25, 0.3) is 0 Å². The molecule has 0 aliphatic heterocycles. The van der Waals surface area contributed by atoms with Crippen LogP contribution in [0.2, 0.25) is 0 Å². The average molecular weight is 325 g/mol. The summed E-state index contributed by atoms with van der Waals surface area (Å²) in [6.07, 6.45) is -0.124. The Labute approximate surface area is 135 Å². The lowest BCUT2D eigenvalue weighted by atomic mass is 9.95. The molecule has 0 radical (unpaired) electrons. The molecule has 0 amide bonds. The minimum atomic E-state index is -0.579. The maximum absolute atomic E-state index is 11.7. The van der Waals surface area contributed by atoms with Gasteiger partial charge in [-0.1, -0.05) is 6.07 Å². The molecule has 7 heteroatoms. The molecule has 1 unspecified atom stereocenters. The van der Waals surface area contributed by atoms with Crippen LogP contribution in [0.1, 0.15) is 38.7 Å². The molecule has 1 rings (SSSR count). The fourth-order valence-electron chi connectivity index (χ4n) is 2.18. The summed E-state index contributed by atoms with van der Waals surface area (Å²) in [6.45, 7) is 5.33. The second-order valence-electron chi connectivity index (χ2n) is 5.30. The Kier molecular flexibility index (Phi) is 7.31. The minimum Gasteiger partial charge on any atom is -0.493 e. The molecule has 0 saturated heterocycles. The molecule has 23 heavy (non-hydrogen) atoms. The van der Waals surface area contributed by atoms with E-state index in [2.05, 4.69) is 0 Å². The Balaban J connectivity index is 3.08. The number of ether oxygens (including phenoxy) is 3. The van der Waals surface area contributed by atoms with Crippen LogP contribution >= 0.6 is 0 Å². The third-order valence-electron chi connectivity index (χ3n) is 3.11. The highest BCUT2D eigenvalue weighted by Gasteiger charge is 2.24. The number of methoxy groups -OCH3 is 1. The monoisotopic (exact) mass is 325 g/mol. The average Bonchev–Trinajstić information content (AvgIpc) is 2.45. The number of esters is 1. The Bertz CT molecular complexity index is 543. The van der Waals surface area contributed by atoms with E-state index in [1.165, 1.54) is 7.11 Å². The Hall–Kier alpha value is -2.31. The van der Waals surface area contributed by atoms with Crippen molar-refractivity contribution in [1.29, 1.82) is 0 Å². The summed E-state index contributed by atoms with van der Waals surface area (Å²) in [5.74, 6) is 0.00149. The lowest BCUT2D eigenvalue weighted by Crippen LogP contribution is -2.18. The molecule has 1 aromatic rings. The van der Waals surface area contributed by atoms with Crippen molar-refractivity contribution < 1.29 is 23.9 Å². The van der Waals surface area contributed by atoms with Crippen molar-refractivity contribution in [2.75, 3.05) is 20.3 Å². The summed E-state index contributed by atoms with van der Waals surface area (Å²) < 4.78 is 15.8. The fraction of sp³-hybridized carbons (Fsp3) is 0.562. The predicted molar refractivity (Wildman–Crippen MR) is 84.6 cm³/mol. The first kappa shape index (κ1) is 18.7. The smallest absolute Gasteiger partial charge is 0.306 e. The van der Waals surface area contributed by atoms with Crippen LogP contribution in [-0.4, -0.2) is 37.3 Å². The summed E-state index contributed by atoms with van der Waals surface area (Å²) >= 11 is 0. The summed E-state index contributed by atoms with van der Waals surface area (Å²) in [5.41, 5.74) is 0.645. The van der Waals surface area contributed by atoms with Crippen molar-refractivity contribution in [3.63, 3.8) is 0 Å². The van der Waals surface area contributed by atoms with Crippen LogP contribution in [0.4, 0.5) is 0 Å². The molecule has 0 aliphatic carbocycles. The number of hydrogen-bond acceptors (Lipinski definition) is 6. The molecule has 0 heterocycles. The van der Waals surface area contributed by atoms with Gasteiger partial charge in [0, 0.05) is 4.92 Å². The molecular weight excluding hydrogens is 302 g/mol. The predicted octanol–water partition coefficient (Wildman–Crippen LogP) is 2.80. The van der Waals surface area contributed by atoms with E-state index in [1.807, 2.05) is 13.8 Å². The highest BCUT2D eigenvalue weighted by atomic mass is 16.6. The van der Waals surface area contributed by atoms with Gasteiger partial charge in [0.15, 0.2) is 11.5 Å². The quantitative estimate of drug-likeness (QED) is 0.394. The Morgan fingerprint density at radius 2 is 2.00 bits per heavy atom. The molecule has 0 bridgehead atoms. The first-order valence-electron chi connectivity index (χ1n) is 7.49. The summed E-state index contributed by atoms with van der Waals surface area (Å²) in [6, 6.07) is 5.08. The first-order valence-corrected chi connectivity index (χ1v) is 7.49. The minimum absolute atomic E-state index is 0.0533. The zero-order chi connectivity index (χ0) is 17.4. The van der Waals surface area contributed by atoms with E-state index in [0.717, 1.165) is 0 Å². The fourth-order valence-corrected chi connectivity index (χ4v) is 2.18. The van der Waals surface area contributed by atoms with Gasteiger partial charge in [-0.05, 0) is 38.5 Å². The zero-order valence-corrected chi connectivity index (χ0v) is 13.9. The van der Waals surface area contributed by atoms with Gasteiger partial charge in [0.05, 0.1) is 32.2 Å². The van der Waals surface area contributed by atoms with Crippen LogP contribution in [0.15, 0.2) is 18.2 Å². The van der Waals surface area contributed by atoms with E-state index in [0.29, 0.717) is 17.1 Å². The van der Waals surface area contributed by atoms with Gasteiger partial charge in [-0.2, -0.15) is 0 Å². The van der Waals surface area contributed by atoms with E-state index in [4.69, 9.17) is 14.2 Å². The molecular formula is C16H23NO6. The largest absolute Gasteiger partial charge is 0.493 e. The maximum atomic E-state index is 11.7. The number of carbonyl (C=O) groups is 1. The van der Waals surface area contributed by atoms with Crippen LogP contribution in [-0.2, 0) is 9.53 Å². The molecule has 0 saturated carbocycles. The van der Waals surface area contributed by atoms with Crippen molar-refractivity contribution in [1.82, 2.24) is 0 Å². The number of benzene rings is 1. The second-order valence-corrected chi connectivity index (χ2v) is 5.30. The molecule has 7 nitrogen and oxygen atoms in total. The van der Waals surface area contributed by atoms with E-state index in [1.54, 1.807) is 25.1 Å². The van der Waals surface area contributed by atoms with Gasteiger partial charge in [0.25, 0.3) is 0 Å². The number of nitrogens with zero attached hydrogens (tertiary/aromatic N) is 1. The van der Waals surface area contributed by atoms with Crippen molar-refractivity contribution >= 4 is 5.97 Å². The van der Waals surface area contributed by atoms with Crippen LogP contribution in [0.5, 0.6) is 11.5 Å². The SMILES string of the molecule is CCOC(=O)CC(C[N+](=O)[O-])c1ccc(OC)c(OC(C)C)c1. The summed E-state index contributed by atoms with van der Waals surface area (Å²) in [4.78, 5) is 22.2. The number of rotatable bonds is 9. The van der Waals surface area contributed by atoms with E-state index in [-0.39, 0.29) is 25.7 Å². The zero-order valence-electron chi connectivity index (χ0n) is 13.9. The third kappa shape index (κ3) is 6.14. The first-order chi connectivity index (χ1) is 10.9. The molecule has 0 fully saturated rings. The normalized spacial score (nSPS) is 11.9. The van der Waals surface area contributed by atoms with Crippen molar-refractivity contribution in [3.8, 4) is 11.5 Å². The van der Waals surface area contributed by atoms with Gasteiger partial charge in [-0.25, -0.2) is 0 Å². The van der Waals surface area contributed by atoms with Crippen molar-refractivity contribution in [3.05, 3.63) is 33.9 Å². The molecule has 0 aliphatic rings. The van der Waals surface area contributed by atoms with Gasteiger partial charge >= 0.3 is 5.97 Å². The van der Waals surface area contributed by atoms with Crippen LogP contribution in [0.3, 0.4) is 0 Å². The topological polar surface area (TPSA) is 87.9 Å². The summed E-state index contributed by atoms with van der Waals surface area (Å²) in [5, 5.41) is 10.9. The van der Waals surface area contributed by atoms with Gasteiger partial charge in [-0.15, -0.1) is 0 Å². The van der Waals surface area contributed by atoms with Gasteiger partial charge in [0.2, 0.25) is 6.54 Å². The van der Waals surface area contributed by atoms with E-state index in [9.17, 15) is 14.9 Å². The highest BCUT2D eigenvalue weighted by Crippen LogP contribution is 2.33. The van der Waals surface area contributed by atoms with Crippen LogP contribution in [0, 0.1) is 10.1 Å². The van der Waals surface area contributed by atoms with Crippen molar-refractivity contribution in [2.45, 2.75) is 39.2 Å². The van der Waals surface area contributed by atoms with Gasteiger partial charge < -0.3 is 14.2 Å². The number of nitro groups is 1. The highest BCUT2D eigenvalue weighted by molar-refractivity contribution is 5.70. The standard InChI is InChI=1S/C16H23NO6/c1-5-22-16(18)9-13(10-17(19)20)12-6-7-14(21-4)15(8-12)23-11(2)3/h6-8,11,13H,5,9-10H2,1-4H3. The lowest BCUT2D eigenvalue weighted by Gasteiger charge is -2.17. The Morgan fingerprint density at radius 1 is 1.30 bits per heavy atom. The molecule has 0 N–H and O–H groups in total. The third-order valence-corrected chi connectivity index (χ3v) is 3.11. The van der Waals surface area contributed by atoms with Gasteiger partial charge in [-0.3, -0.25) is 14.9 Å². The summed E-state index contributed by atoms with van der Waals surface area (Å²) in [7, 11) is 1.52. The lowest BCUT2D eigenvalue weighted by molar-refractivity contribution is -0.483. The number of hydrogen-bond donors (Lipinski definition) is 0. The van der Waals surface area contributed by atoms with E-state index < -0.39 is 16.8 Å². The van der Waals surface area contributed by atoms with Gasteiger partial charge in [0.1, 0.15) is 0 Å². The molecule has 128 valence electrons. The molecule has 0 spiro atoms. The maximum Gasteiger partial charge on any atom is 0.306 e. The molecule has 0 aromatic heterocycles. The van der Waals surface area contributed by atoms with Crippen LogP contribution < -0.4 is 9.47 Å². The second kappa shape index (κ2) is 8.97.